The van der Waals surface area contributed by atoms with E-state index in [4.69, 9.17) is 4.74 Å². The van der Waals surface area contributed by atoms with Crippen LogP contribution in [0.2, 0.25) is 0 Å². The summed E-state index contributed by atoms with van der Waals surface area (Å²) >= 11 is 0. The average Bonchev–Trinajstić information content (AvgIpc) is 2.98. The number of nitrogens with zero attached hydrogens (tertiary/aromatic N) is 1. The SMILES string of the molecule is CCC(C)C(O)CNC1CCN(CC2CCCO2)CC1C. The summed E-state index contributed by atoms with van der Waals surface area (Å²) in [5, 5.41) is 13.7. The standard InChI is InChI=1S/C17H34N2O2/c1-4-13(2)17(20)10-18-16-7-8-19(11-14(16)3)12-15-6-5-9-21-15/h13-18,20H,4-12H2,1-3H3. The second-order valence-electron chi connectivity index (χ2n) is 7.13. The van der Waals surface area contributed by atoms with Crippen LogP contribution in [0.1, 0.15) is 46.5 Å². The van der Waals surface area contributed by atoms with Gasteiger partial charge < -0.3 is 20.1 Å². The maximum atomic E-state index is 10.1. The fourth-order valence-electron chi connectivity index (χ4n) is 3.52. The Kier molecular flexibility index (Phi) is 6.93. The van der Waals surface area contributed by atoms with E-state index in [1.165, 1.54) is 19.3 Å². The van der Waals surface area contributed by atoms with Crippen LogP contribution in [0.15, 0.2) is 0 Å². The van der Waals surface area contributed by atoms with Crippen molar-refractivity contribution in [1.29, 1.82) is 0 Å². The average molecular weight is 298 g/mol. The highest BCUT2D eigenvalue weighted by Crippen LogP contribution is 2.20. The second kappa shape index (κ2) is 8.47. The van der Waals surface area contributed by atoms with E-state index in [2.05, 4.69) is 31.0 Å². The van der Waals surface area contributed by atoms with E-state index in [0.717, 1.165) is 39.2 Å². The fraction of sp³-hybridized carbons (Fsp3) is 1.00. The number of aliphatic hydroxyl groups excluding tert-OH is 1. The Bertz CT molecular complexity index is 295. The molecule has 0 radical (unpaired) electrons. The molecule has 0 amide bonds. The predicted molar refractivity (Wildman–Crippen MR) is 86.4 cm³/mol. The van der Waals surface area contributed by atoms with Crippen molar-refractivity contribution in [2.24, 2.45) is 11.8 Å². The summed E-state index contributed by atoms with van der Waals surface area (Å²) in [5.41, 5.74) is 0. The minimum atomic E-state index is -0.216. The lowest BCUT2D eigenvalue weighted by Crippen LogP contribution is -2.51. The molecule has 2 rings (SSSR count). The van der Waals surface area contributed by atoms with Gasteiger partial charge in [-0.2, -0.15) is 0 Å². The van der Waals surface area contributed by atoms with E-state index in [1.54, 1.807) is 0 Å². The minimum Gasteiger partial charge on any atom is -0.392 e. The topological polar surface area (TPSA) is 44.7 Å². The molecule has 0 bridgehead atoms. The van der Waals surface area contributed by atoms with Crippen LogP contribution >= 0.6 is 0 Å². The molecular weight excluding hydrogens is 264 g/mol. The number of hydrogen-bond donors (Lipinski definition) is 2. The van der Waals surface area contributed by atoms with E-state index >= 15 is 0 Å². The molecule has 4 nitrogen and oxygen atoms in total. The van der Waals surface area contributed by atoms with Crippen molar-refractivity contribution < 1.29 is 9.84 Å². The summed E-state index contributed by atoms with van der Waals surface area (Å²) in [4.78, 5) is 2.56. The summed E-state index contributed by atoms with van der Waals surface area (Å²) < 4.78 is 5.75. The Labute approximate surface area is 130 Å². The molecule has 0 aliphatic carbocycles. The van der Waals surface area contributed by atoms with Gasteiger partial charge in [0.05, 0.1) is 12.2 Å². The normalized spacial score (nSPS) is 34.0. The molecule has 2 heterocycles. The van der Waals surface area contributed by atoms with Crippen molar-refractivity contribution in [3.63, 3.8) is 0 Å². The molecule has 5 unspecified atom stereocenters. The summed E-state index contributed by atoms with van der Waals surface area (Å²) in [7, 11) is 0. The number of ether oxygens (including phenoxy) is 1. The maximum Gasteiger partial charge on any atom is 0.0702 e. The van der Waals surface area contributed by atoms with E-state index in [1.807, 2.05) is 0 Å². The van der Waals surface area contributed by atoms with Gasteiger partial charge in [0, 0.05) is 32.3 Å². The molecule has 5 atom stereocenters. The zero-order chi connectivity index (χ0) is 15.2. The van der Waals surface area contributed by atoms with Crippen LogP contribution in [0.5, 0.6) is 0 Å². The third kappa shape index (κ3) is 5.20. The van der Waals surface area contributed by atoms with Gasteiger partial charge in [-0.05, 0) is 37.6 Å². The lowest BCUT2D eigenvalue weighted by atomic mass is 9.92. The van der Waals surface area contributed by atoms with Crippen molar-refractivity contribution >= 4 is 0 Å². The van der Waals surface area contributed by atoms with Gasteiger partial charge in [0.1, 0.15) is 0 Å². The Balaban J connectivity index is 1.68. The Morgan fingerprint density at radius 2 is 2.19 bits per heavy atom. The minimum absolute atomic E-state index is 0.216. The van der Waals surface area contributed by atoms with Crippen LogP contribution in [0.25, 0.3) is 0 Å². The van der Waals surface area contributed by atoms with Gasteiger partial charge in [-0.3, -0.25) is 0 Å². The van der Waals surface area contributed by atoms with Crippen LogP contribution < -0.4 is 5.32 Å². The van der Waals surface area contributed by atoms with Gasteiger partial charge in [-0.25, -0.2) is 0 Å². The molecule has 4 heteroatoms. The van der Waals surface area contributed by atoms with Crippen molar-refractivity contribution in [3.05, 3.63) is 0 Å². The largest absolute Gasteiger partial charge is 0.392 e. The van der Waals surface area contributed by atoms with Crippen LogP contribution in [0, 0.1) is 11.8 Å². The zero-order valence-electron chi connectivity index (χ0n) is 14.1. The number of aliphatic hydroxyl groups is 1. The highest BCUT2D eigenvalue weighted by atomic mass is 16.5. The Hall–Kier alpha value is -0.160. The molecule has 2 N–H and O–H groups in total. The van der Waals surface area contributed by atoms with Crippen LogP contribution in [-0.2, 0) is 4.74 Å². The number of rotatable bonds is 7. The smallest absolute Gasteiger partial charge is 0.0702 e. The number of nitrogens with one attached hydrogen (secondary N) is 1. The van der Waals surface area contributed by atoms with E-state index in [0.29, 0.717) is 24.0 Å². The third-order valence-corrected chi connectivity index (χ3v) is 5.37. The first-order valence-electron chi connectivity index (χ1n) is 8.85. The Morgan fingerprint density at radius 3 is 2.81 bits per heavy atom. The molecule has 0 spiro atoms. The molecule has 124 valence electrons. The van der Waals surface area contributed by atoms with Crippen molar-refractivity contribution in [2.45, 2.75) is 64.7 Å². The summed E-state index contributed by atoms with van der Waals surface area (Å²) in [6, 6.07) is 0.546. The first-order chi connectivity index (χ1) is 10.1. The van der Waals surface area contributed by atoms with Crippen molar-refractivity contribution in [3.8, 4) is 0 Å². The van der Waals surface area contributed by atoms with Crippen molar-refractivity contribution in [2.75, 3.05) is 32.8 Å². The molecule has 2 fully saturated rings. The number of piperidine rings is 1. The highest BCUT2D eigenvalue weighted by Gasteiger charge is 2.28. The van der Waals surface area contributed by atoms with Gasteiger partial charge in [0.15, 0.2) is 0 Å². The molecule has 2 saturated heterocycles. The van der Waals surface area contributed by atoms with Crippen LogP contribution in [0.3, 0.4) is 0 Å². The molecule has 0 aromatic carbocycles. The Morgan fingerprint density at radius 1 is 1.38 bits per heavy atom. The molecule has 0 aromatic heterocycles. The summed E-state index contributed by atoms with van der Waals surface area (Å²) in [6.45, 7) is 11.7. The quantitative estimate of drug-likeness (QED) is 0.753. The third-order valence-electron chi connectivity index (χ3n) is 5.37. The van der Waals surface area contributed by atoms with Gasteiger partial charge >= 0.3 is 0 Å². The fourth-order valence-corrected chi connectivity index (χ4v) is 3.52. The highest BCUT2D eigenvalue weighted by molar-refractivity contribution is 4.85. The number of hydrogen-bond acceptors (Lipinski definition) is 4. The van der Waals surface area contributed by atoms with Gasteiger partial charge in [-0.15, -0.1) is 0 Å². The molecular formula is C17H34N2O2. The summed E-state index contributed by atoms with van der Waals surface area (Å²) in [6.07, 6.45) is 4.93. The summed E-state index contributed by atoms with van der Waals surface area (Å²) in [5.74, 6) is 1.02. The zero-order valence-corrected chi connectivity index (χ0v) is 14.1. The lowest BCUT2D eigenvalue weighted by Gasteiger charge is -2.38. The molecule has 21 heavy (non-hydrogen) atoms. The van der Waals surface area contributed by atoms with Gasteiger partial charge in [0.2, 0.25) is 0 Å². The number of likely N-dealkylation sites (tertiary alicyclic amines) is 1. The van der Waals surface area contributed by atoms with E-state index in [9.17, 15) is 5.11 Å². The van der Waals surface area contributed by atoms with E-state index in [-0.39, 0.29) is 6.10 Å². The molecule has 0 aromatic rings. The van der Waals surface area contributed by atoms with Crippen LogP contribution in [-0.4, -0.2) is 61.0 Å². The molecule has 2 aliphatic heterocycles. The predicted octanol–water partition coefficient (Wildman–Crippen LogP) is 1.87. The monoisotopic (exact) mass is 298 g/mol. The molecule has 2 aliphatic rings. The maximum absolute atomic E-state index is 10.1. The van der Waals surface area contributed by atoms with Crippen LogP contribution in [0.4, 0.5) is 0 Å². The van der Waals surface area contributed by atoms with E-state index < -0.39 is 0 Å². The van der Waals surface area contributed by atoms with Crippen molar-refractivity contribution in [1.82, 2.24) is 10.2 Å². The first-order valence-corrected chi connectivity index (χ1v) is 8.85. The second-order valence-corrected chi connectivity index (χ2v) is 7.13. The lowest BCUT2D eigenvalue weighted by molar-refractivity contribution is 0.0474. The molecule has 0 saturated carbocycles. The van der Waals surface area contributed by atoms with Gasteiger partial charge in [0.25, 0.3) is 0 Å². The first kappa shape index (κ1) is 17.2. The van der Waals surface area contributed by atoms with Gasteiger partial charge in [-0.1, -0.05) is 27.2 Å².